The molecule has 0 atom stereocenters. The summed E-state index contributed by atoms with van der Waals surface area (Å²) in [5.74, 6) is 0.258. The highest BCUT2D eigenvalue weighted by atomic mass is 79.9. The molecule has 4 heteroatoms. The van der Waals surface area contributed by atoms with E-state index in [-0.39, 0.29) is 5.91 Å². The second-order valence-electron chi connectivity index (χ2n) is 3.21. The van der Waals surface area contributed by atoms with Crippen LogP contribution in [0.15, 0.2) is 21.2 Å². The third-order valence-corrected chi connectivity index (χ3v) is 2.66. The van der Waals surface area contributed by atoms with Crippen molar-refractivity contribution in [3.8, 4) is 0 Å². The molecule has 0 bridgehead atoms. The van der Waals surface area contributed by atoms with Gasteiger partial charge in [0.1, 0.15) is 0 Å². The van der Waals surface area contributed by atoms with Crippen molar-refractivity contribution in [3.63, 3.8) is 0 Å². The third-order valence-electron chi connectivity index (χ3n) is 2.24. The zero-order valence-corrected chi connectivity index (χ0v) is 8.63. The van der Waals surface area contributed by atoms with Crippen LogP contribution in [0.1, 0.15) is 29.8 Å². The molecule has 1 aromatic heterocycles. The van der Waals surface area contributed by atoms with Gasteiger partial charge in [-0.25, -0.2) is 0 Å². The molecule has 1 aromatic rings. The Hall–Kier alpha value is -0.770. The van der Waals surface area contributed by atoms with Gasteiger partial charge >= 0.3 is 0 Å². The highest BCUT2D eigenvalue weighted by Gasteiger charge is 2.21. The molecule has 0 aromatic carbocycles. The summed E-state index contributed by atoms with van der Waals surface area (Å²) in [6.07, 6.45) is 3.40. The van der Waals surface area contributed by atoms with E-state index in [4.69, 9.17) is 4.42 Å². The van der Waals surface area contributed by atoms with Gasteiger partial charge in [0.05, 0.1) is 0 Å². The highest BCUT2D eigenvalue weighted by Crippen LogP contribution is 2.19. The Bertz CT molecular complexity index is 317. The second-order valence-corrected chi connectivity index (χ2v) is 3.99. The third kappa shape index (κ3) is 1.94. The largest absolute Gasteiger partial charge is 0.444 e. The van der Waals surface area contributed by atoms with Crippen LogP contribution in [0.4, 0.5) is 0 Å². The Kier molecular flexibility index (Phi) is 2.40. The molecule has 1 heterocycles. The lowest BCUT2D eigenvalue weighted by Crippen LogP contribution is -2.39. The summed E-state index contributed by atoms with van der Waals surface area (Å²) in [5, 5.41) is 2.89. The zero-order chi connectivity index (χ0) is 9.26. The topological polar surface area (TPSA) is 42.2 Å². The molecular formula is C9H10BrNO2. The average Bonchev–Trinajstić information content (AvgIpc) is 2.44. The highest BCUT2D eigenvalue weighted by molar-refractivity contribution is 9.10. The first-order valence-electron chi connectivity index (χ1n) is 4.32. The molecule has 13 heavy (non-hydrogen) atoms. The molecule has 0 spiro atoms. The van der Waals surface area contributed by atoms with Crippen molar-refractivity contribution in [2.45, 2.75) is 25.3 Å². The number of amides is 1. The summed E-state index contributed by atoms with van der Waals surface area (Å²) in [5.41, 5.74) is 0. The first-order chi connectivity index (χ1) is 6.25. The summed E-state index contributed by atoms with van der Waals surface area (Å²) < 4.78 is 5.71. The molecule has 1 aliphatic carbocycles. The lowest BCUT2D eigenvalue weighted by atomic mass is 9.93. The van der Waals surface area contributed by atoms with Crippen LogP contribution in [0.5, 0.6) is 0 Å². The van der Waals surface area contributed by atoms with E-state index in [9.17, 15) is 4.79 Å². The fourth-order valence-corrected chi connectivity index (χ4v) is 1.55. The van der Waals surface area contributed by atoms with Crippen molar-refractivity contribution in [3.05, 3.63) is 22.6 Å². The minimum Gasteiger partial charge on any atom is -0.444 e. The van der Waals surface area contributed by atoms with E-state index >= 15 is 0 Å². The zero-order valence-electron chi connectivity index (χ0n) is 7.05. The number of furan rings is 1. The maximum atomic E-state index is 11.4. The van der Waals surface area contributed by atoms with Gasteiger partial charge in [0.25, 0.3) is 5.91 Å². The van der Waals surface area contributed by atoms with E-state index in [1.807, 2.05) is 0 Å². The van der Waals surface area contributed by atoms with Gasteiger partial charge in [-0.2, -0.15) is 0 Å². The van der Waals surface area contributed by atoms with Crippen molar-refractivity contribution < 1.29 is 9.21 Å². The first kappa shape index (κ1) is 8.81. The average molecular weight is 244 g/mol. The van der Waals surface area contributed by atoms with E-state index in [1.165, 1.54) is 6.42 Å². The molecule has 2 rings (SSSR count). The lowest BCUT2D eigenvalue weighted by Gasteiger charge is -2.25. The molecule has 0 aliphatic heterocycles. The number of halogens is 1. The number of carbonyl (C=O) groups is 1. The maximum Gasteiger partial charge on any atom is 0.287 e. The van der Waals surface area contributed by atoms with E-state index in [2.05, 4.69) is 21.2 Å². The van der Waals surface area contributed by atoms with Gasteiger partial charge in [-0.1, -0.05) is 0 Å². The van der Waals surface area contributed by atoms with Crippen molar-refractivity contribution in [2.75, 3.05) is 0 Å². The molecule has 0 unspecified atom stereocenters. The predicted octanol–water partition coefficient (Wildman–Crippen LogP) is 2.32. The summed E-state index contributed by atoms with van der Waals surface area (Å²) in [7, 11) is 0. The number of hydrogen-bond donors (Lipinski definition) is 1. The van der Waals surface area contributed by atoms with Gasteiger partial charge in [0.15, 0.2) is 10.4 Å². The second kappa shape index (κ2) is 3.54. The summed E-state index contributed by atoms with van der Waals surface area (Å²) >= 11 is 3.15. The van der Waals surface area contributed by atoms with Crippen LogP contribution in [0, 0.1) is 0 Å². The molecule has 0 saturated heterocycles. The SMILES string of the molecule is O=C(NC1CCC1)c1ccc(Br)o1. The smallest absolute Gasteiger partial charge is 0.287 e. The molecule has 1 N–H and O–H groups in total. The number of hydrogen-bond acceptors (Lipinski definition) is 2. The van der Waals surface area contributed by atoms with E-state index in [0.29, 0.717) is 16.5 Å². The lowest BCUT2D eigenvalue weighted by molar-refractivity contribution is 0.0887. The normalized spacial score (nSPS) is 16.7. The van der Waals surface area contributed by atoms with Crippen molar-refractivity contribution in [1.82, 2.24) is 5.32 Å². The van der Waals surface area contributed by atoms with Gasteiger partial charge < -0.3 is 9.73 Å². The molecule has 1 saturated carbocycles. The molecule has 0 radical (unpaired) electrons. The van der Waals surface area contributed by atoms with Crippen LogP contribution in [0.2, 0.25) is 0 Å². The number of carbonyl (C=O) groups excluding carboxylic acids is 1. The quantitative estimate of drug-likeness (QED) is 0.867. The van der Waals surface area contributed by atoms with Crippen LogP contribution < -0.4 is 5.32 Å². The van der Waals surface area contributed by atoms with Crippen LogP contribution >= 0.6 is 15.9 Å². The molecule has 3 nitrogen and oxygen atoms in total. The summed E-state index contributed by atoms with van der Waals surface area (Å²) in [4.78, 5) is 11.4. The van der Waals surface area contributed by atoms with Gasteiger partial charge in [0.2, 0.25) is 0 Å². The van der Waals surface area contributed by atoms with E-state index in [0.717, 1.165) is 12.8 Å². The fraction of sp³-hybridized carbons (Fsp3) is 0.444. The van der Waals surface area contributed by atoms with Crippen molar-refractivity contribution in [2.24, 2.45) is 0 Å². The van der Waals surface area contributed by atoms with E-state index < -0.39 is 0 Å². The first-order valence-corrected chi connectivity index (χ1v) is 5.11. The monoisotopic (exact) mass is 243 g/mol. The molecule has 1 aliphatic rings. The molecule has 1 fully saturated rings. The maximum absolute atomic E-state index is 11.4. The van der Waals surface area contributed by atoms with Crippen LogP contribution in [0.25, 0.3) is 0 Å². The minimum absolute atomic E-state index is 0.115. The summed E-state index contributed by atoms with van der Waals surface area (Å²) in [6, 6.07) is 3.74. The standard InChI is InChI=1S/C9H10BrNO2/c10-8-5-4-7(13-8)9(12)11-6-2-1-3-6/h4-6H,1-3H2,(H,11,12). The Morgan fingerprint density at radius 3 is 2.77 bits per heavy atom. The predicted molar refractivity (Wildman–Crippen MR) is 51.5 cm³/mol. The van der Waals surface area contributed by atoms with Crippen molar-refractivity contribution >= 4 is 21.8 Å². The van der Waals surface area contributed by atoms with E-state index in [1.54, 1.807) is 12.1 Å². The van der Waals surface area contributed by atoms with Crippen LogP contribution in [0.3, 0.4) is 0 Å². The Morgan fingerprint density at radius 1 is 1.54 bits per heavy atom. The Labute approximate surface area is 84.6 Å². The minimum atomic E-state index is -0.115. The molecular weight excluding hydrogens is 234 g/mol. The van der Waals surface area contributed by atoms with Gasteiger partial charge in [0, 0.05) is 6.04 Å². The van der Waals surface area contributed by atoms with Gasteiger partial charge in [-0.15, -0.1) is 0 Å². The Balaban J connectivity index is 1.96. The van der Waals surface area contributed by atoms with Crippen LogP contribution in [-0.2, 0) is 0 Å². The van der Waals surface area contributed by atoms with Crippen LogP contribution in [-0.4, -0.2) is 11.9 Å². The fourth-order valence-electron chi connectivity index (χ4n) is 1.25. The number of rotatable bonds is 2. The summed E-state index contributed by atoms with van der Waals surface area (Å²) in [6.45, 7) is 0. The van der Waals surface area contributed by atoms with Gasteiger partial charge in [-0.05, 0) is 47.3 Å². The van der Waals surface area contributed by atoms with Crippen molar-refractivity contribution in [1.29, 1.82) is 0 Å². The number of nitrogens with one attached hydrogen (secondary N) is 1. The Morgan fingerprint density at radius 2 is 2.31 bits per heavy atom. The van der Waals surface area contributed by atoms with Gasteiger partial charge in [-0.3, -0.25) is 4.79 Å². The molecule has 70 valence electrons. The molecule has 1 amide bonds.